The smallest absolute Gasteiger partial charge is 0.128 e. The normalized spacial score (nSPS) is 10.1. The first kappa shape index (κ1) is 12.9. The second-order valence-corrected chi connectivity index (χ2v) is 4.67. The minimum absolute atomic E-state index is 0.0580. The maximum absolute atomic E-state index is 13.7. The summed E-state index contributed by atoms with van der Waals surface area (Å²) in [7, 11) is 0. The largest absolute Gasteiger partial charge is 0.207 e. The van der Waals surface area contributed by atoms with Crippen LogP contribution in [0.5, 0.6) is 0 Å². The third-order valence-electron chi connectivity index (χ3n) is 2.52. The second kappa shape index (κ2) is 5.39. The van der Waals surface area contributed by atoms with Crippen LogP contribution in [0.2, 0.25) is 10.0 Å². The van der Waals surface area contributed by atoms with E-state index in [1.165, 1.54) is 6.07 Å². The van der Waals surface area contributed by atoms with Gasteiger partial charge < -0.3 is 0 Å². The Labute approximate surface area is 114 Å². The molecule has 1 nitrogen and oxygen atoms in total. The van der Waals surface area contributed by atoms with Gasteiger partial charge in [0.05, 0.1) is 12.5 Å². The van der Waals surface area contributed by atoms with Crippen LogP contribution in [0.4, 0.5) is 4.39 Å². The Bertz CT molecular complexity index is 612. The maximum Gasteiger partial charge on any atom is 0.128 e. The van der Waals surface area contributed by atoms with Crippen molar-refractivity contribution in [2.45, 2.75) is 6.42 Å². The molecule has 2 aromatic carbocycles. The van der Waals surface area contributed by atoms with E-state index in [9.17, 15) is 4.39 Å². The molecule has 0 unspecified atom stereocenters. The molecule has 18 heavy (non-hydrogen) atoms. The number of rotatable bonds is 2. The molecular weight excluding hydrogens is 272 g/mol. The van der Waals surface area contributed by atoms with Gasteiger partial charge in [-0.3, -0.25) is 0 Å². The molecule has 2 aromatic rings. The standard InChI is InChI=1S/C14H8Cl2FN/c15-12-5-11(6-13(16)8-12)10-2-1-9(3-4-18)14(17)7-10/h1-2,5-8H,3H2. The van der Waals surface area contributed by atoms with Crippen LogP contribution in [0, 0.1) is 17.1 Å². The Morgan fingerprint density at radius 1 is 1.00 bits per heavy atom. The Hall–Kier alpha value is -1.56. The molecule has 0 atom stereocenters. The van der Waals surface area contributed by atoms with E-state index in [1.54, 1.807) is 30.3 Å². The van der Waals surface area contributed by atoms with E-state index in [1.807, 2.05) is 6.07 Å². The van der Waals surface area contributed by atoms with Gasteiger partial charge in [-0.15, -0.1) is 0 Å². The molecule has 0 aromatic heterocycles. The molecule has 0 heterocycles. The highest BCUT2D eigenvalue weighted by atomic mass is 35.5. The van der Waals surface area contributed by atoms with E-state index in [-0.39, 0.29) is 6.42 Å². The Morgan fingerprint density at radius 2 is 1.67 bits per heavy atom. The zero-order valence-electron chi connectivity index (χ0n) is 9.25. The van der Waals surface area contributed by atoms with Gasteiger partial charge in [0.1, 0.15) is 5.82 Å². The average Bonchev–Trinajstić information content (AvgIpc) is 2.30. The molecule has 0 aliphatic carbocycles. The molecule has 0 N–H and O–H groups in total. The second-order valence-electron chi connectivity index (χ2n) is 3.80. The fraction of sp³-hybridized carbons (Fsp3) is 0.0714. The van der Waals surface area contributed by atoms with Crippen LogP contribution in [0.25, 0.3) is 11.1 Å². The predicted molar refractivity (Wildman–Crippen MR) is 71.2 cm³/mol. The molecule has 0 amide bonds. The molecule has 4 heteroatoms. The van der Waals surface area contributed by atoms with Crippen LogP contribution in [-0.4, -0.2) is 0 Å². The molecule has 0 aliphatic rings. The molecule has 90 valence electrons. The van der Waals surface area contributed by atoms with Crippen LogP contribution in [0.15, 0.2) is 36.4 Å². The number of nitriles is 1. The van der Waals surface area contributed by atoms with E-state index in [0.717, 1.165) is 5.56 Å². The fourth-order valence-corrected chi connectivity index (χ4v) is 2.20. The average molecular weight is 280 g/mol. The Morgan fingerprint density at radius 3 is 2.22 bits per heavy atom. The van der Waals surface area contributed by atoms with E-state index in [0.29, 0.717) is 21.2 Å². The number of halogens is 3. The van der Waals surface area contributed by atoms with Gasteiger partial charge in [0.25, 0.3) is 0 Å². The zero-order chi connectivity index (χ0) is 13.1. The third-order valence-corrected chi connectivity index (χ3v) is 2.95. The molecule has 0 fully saturated rings. The summed E-state index contributed by atoms with van der Waals surface area (Å²) >= 11 is 11.8. The molecule has 0 saturated carbocycles. The van der Waals surface area contributed by atoms with Gasteiger partial charge in [-0.2, -0.15) is 5.26 Å². The van der Waals surface area contributed by atoms with Gasteiger partial charge in [-0.25, -0.2) is 4.39 Å². The highest BCUT2D eigenvalue weighted by molar-refractivity contribution is 6.35. The first-order valence-corrected chi connectivity index (χ1v) is 5.97. The summed E-state index contributed by atoms with van der Waals surface area (Å²) in [5, 5.41) is 9.55. The number of hydrogen-bond acceptors (Lipinski definition) is 1. The lowest BCUT2D eigenvalue weighted by molar-refractivity contribution is 0.616. The van der Waals surface area contributed by atoms with Gasteiger partial charge >= 0.3 is 0 Å². The first-order valence-electron chi connectivity index (χ1n) is 5.22. The van der Waals surface area contributed by atoms with Crippen molar-refractivity contribution in [1.82, 2.24) is 0 Å². The molecule has 0 radical (unpaired) electrons. The molecule has 0 spiro atoms. The first-order chi connectivity index (χ1) is 8.60. The van der Waals surface area contributed by atoms with E-state index < -0.39 is 5.82 Å². The van der Waals surface area contributed by atoms with Crippen LogP contribution in [-0.2, 0) is 6.42 Å². The van der Waals surface area contributed by atoms with Gasteiger partial charge in [-0.05, 0) is 35.4 Å². The highest BCUT2D eigenvalue weighted by Gasteiger charge is 2.06. The highest BCUT2D eigenvalue weighted by Crippen LogP contribution is 2.28. The monoisotopic (exact) mass is 279 g/mol. The Kier molecular flexibility index (Phi) is 3.86. The Balaban J connectivity index is 2.46. The van der Waals surface area contributed by atoms with Crippen molar-refractivity contribution >= 4 is 23.2 Å². The summed E-state index contributed by atoms with van der Waals surface area (Å²) < 4.78 is 13.7. The minimum Gasteiger partial charge on any atom is -0.207 e. The SMILES string of the molecule is N#CCc1ccc(-c2cc(Cl)cc(Cl)c2)cc1F. The lowest BCUT2D eigenvalue weighted by atomic mass is 10.0. The van der Waals surface area contributed by atoms with Crippen LogP contribution >= 0.6 is 23.2 Å². The quantitative estimate of drug-likeness (QED) is 0.770. The van der Waals surface area contributed by atoms with E-state index in [4.69, 9.17) is 28.5 Å². The van der Waals surface area contributed by atoms with Crippen LogP contribution in [0.1, 0.15) is 5.56 Å². The van der Waals surface area contributed by atoms with Crippen molar-refractivity contribution in [3.8, 4) is 17.2 Å². The summed E-state index contributed by atoms with van der Waals surface area (Å²) in [6.45, 7) is 0. The molecule has 0 aliphatic heterocycles. The number of benzene rings is 2. The van der Waals surface area contributed by atoms with Crippen molar-refractivity contribution < 1.29 is 4.39 Å². The van der Waals surface area contributed by atoms with Crippen LogP contribution < -0.4 is 0 Å². The lowest BCUT2D eigenvalue weighted by Crippen LogP contribution is -1.89. The predicted octanol–water partition coefficient (Wildman–Crippen LogP) is 4.87. The van der Waals surface area contributed by atoms with Crippen LogP contribution in [0.3, 0.4) is 0 Å². The molecular formula is C14H8Cl2FN. The zero-order valence-corrected chi connectivity index (χ0v) is 10.8. The van der Waals surface area contributed by atoms with Gasteiger partial charge in [-0.1, -0.05) is 35.3 Å². The molecule has 0 bridgehead atoms. The van der Waals surface area contributed by atoms with Crippen molar-refractivity contribution in [2.75, 3.05) is 0 Å². The van der Waals surface area contributed by atoms with Crippen molar-refractivity contribution in [3.05, 3.63) is 57.8 Å². The van der Waals surface area contributed by atoms with Crippen molar-refractivity contribution in [3.63, 3.8) is 0 Å². The van der Waals surface area contributed by atoms with Crippen molar-refractivity contribution in [1.29, 1.82) is 5.26 Å². The molecule has 2 rings (SSSR count). The third kappa shape index (κ3) is 2.81. The number of nitrogens with zero attached hydrogens (tertiary/aromatic N) is 1. The maximum atomic E-state index is 13.7. The molecule has 0 saturated heterocycles. The topological polar surface area (TPSA) is 23.8 Å². The number of hydrogen-bond donors (Lipinski definition) is 0. The minimum atomic E-state index is -0.398. The van der Waals surface area contributed by atoms with Crippen molar-refractivity contribution in [2.24, 2.45) is 0 Å². The summed E-state index contributed by atoms with van der Waals surface area (Å²) in [4.78, 5) is 0. The van der Waals surface area contributed by atoms with E-state index >= 15 is 0 Å². The van der Waals surface area contributed by atoms with Gasteiger partial charge in [0.2, 0.25) is 0 Å². The summed E-state index contributed by atoms with van der Waals surface area (Å²) in [5.74, 6) is -0.398. The van der Waals surface area contributed by atoms with Gasteiger partial charge in [0, 0.05) is 15.6 Å². The lowest BCUT2D eigenvalue weighted by Gasteiger charge is -2.05. The summed E-state index contributed by atoms with van der Waals surface area (Å²) in [6.07, 6.45) is 0.0580. The summed E-state index contributed by atoms with van der Waals surface area (Å²) in [5.41, 5.74) is 1.81. The summed E-state index contributed by atoms with van der Waals surface area (Å²) in [6, 6.07) is 11.7. The fourth-order valence-electron chi connectivity index (χ4n) is 1.68. The van der Waals surface area contributed by atoms with Gasteiger partial charge in [0.15, 0.2) is 0 Å². The van der Waals surface area contributed by atoms with E-state index in [2.05, 4.69) is 0 Å².